The molecule has 170 valence electrons. The average Bonchev–Trinajstić information content (AvgIpc) is 3.12. The molecule has 32 heavy (non-hydrogen) atoms. The van der Waals surface area contributed by atoms with Crippen molar-refractivity contribution in [2.24, 2.45) is 5.73 Å². The number of nitrogens with two attached hydrogens (primary N) is 1. The Morgan fingerprint density at radius 1 is 1.28 bits per heavy atom. The van der Waals surface area contributed by atoms with Gasteiger partial charge in [-0.1, -0.05) is 12.1 Å². The van der Waals surface area contributed by atoms with Gasteiger partial charge >= 0.3 is 11.9 Å². The summed E-state index contributed by atoms with van der Waals surface area (Å²) < 4.78 is 5.50. The first-order chi connectivity index (χ1) is 15.2. The van der Waals surface area contributed by atoms with Crippen LogP contribution in [0.1, 0.15) is 48.0 Å². The fourth-order valence-electron chi connectivity index (χ4n) is 3.67. The van der Waals surface area contributed by atoms with E-state index in [1.54, 1.807) is 25.3 Å². The Balaban J connectivity index is 1.83. The van der Waals surface area contributed by atoms with Gasteiger partial charge in [0.05, 0.1) is 17.3 Å². The molecule has 2 heterocycles. The van der Waals surface area contributed by atoms with Gasteiger partial charge in [-0.05, 0) is 43.4 Å². The van der Waals surface area contributed by atoms with Crippen molar-refractivity contribution in [3.63, 3.8) is 0 Å². The van der Waals surface area contributed by atoms with Gasteiger partial charge in [0.2, 0.25) is 5.91 Å². The van der Waals surface area contributed by atoms with Crippen LogP contribution in [0.15, 0.2) is 36.1 Å². The molecule has 2 aliphatic rings. The van der Waals surface area contributed by atoms with Gasteiger partial charge in [0.15, 0.2) is 5.75 Å². The molecule has 5 N–H and O–H groups in total. The number of unbranched alkanes of at least 4 members (excludes halogenated alkanes) is 1. The van der Waals surface area contributed by atoms with Crippen LogP contribution < -0.4 is 15.8 Å². The van der Waals surface area contributed by atoms with E-state index in [4.69, 9.17) is 15.6 Å². The number of aliphatic hydroxyl groups is 1. The zero-order chi connectivity index (χ0) is 23.4. The summed E-state index contributed by atoms with van der Waals surface area (Å²) >= 11 is 0. The average molecular weight is 443 g/mol. The van der Waals surface area contributed by atoms with Crippen molar-refractivity contribution in [1.82, 2.24) is 4.90 Å². The molecule has 1 aromatic carbocycles. The van der Waals surface area contributed by atoms with E-state index in [9.17, 15) is 24.3 Å². The zero-order valence-electron chi connectivity index (χ0n) is 17.5. The van der Waals surface area contributed by atoms with Crippen molar-refractivity contribution in [1.29, 1.82) is 0 Å². The predicted molar refractivity (Wildman–Crippen MR) is 114 cm³/mol. The van der Waals surface area contributed by atoms with E-state index in [1.165, 1.54) is 17.1 Å². The summed E-state index contributed by atoms with van der Waals surface area (Å²) in [5, 5.41) is 22.3. The number of carboxylic acid groups (broad SMARTS) is 1. The minimum absolute atomic E-state index is 0.0277. The van der Waals surface area contributed by atoms with E-state index in [2.05, 4.69) is 5.32 Å². The number of hydrogen-bond donors (Lipinski definition) is 4. The second kappa shape index (κ2) is 9.65. The number of nitrogens with one attached hydrogen (secondary N) is 1. The van der Waals surface area contributed by atoms with Gasteiger partial charge in [0.1, 0.15) is 6.23 Å². The van der Waals surface area contributed by atoms with Crippen LogP contribution in [-0.4, -0.2) is 51.1 Å². The third kappa shape index (κ3) is 5.14. The number of allylic oxidation sites excluding steroid dienone is 1. The Bertz CT molecular complexity index is 1020. The number of ether oxygens (including phenoxy) is 1. The number of anilines is 1. The van der Waals surface area contributed by atoms with Crippen molar-refractivity contribution in [3.8, 4) is 5.75 Å². The minimum Gasteiger partial charge on any atom is -0.481 e. The van der Waals surface area contributed by atoms with Crippen LogP contribution >= 0.6 is 0 Å². The highest BCUT2D eigenvalue weighted by molar-refractivity contribution is 6.03. The number of aliphatic hydroxyl groups excluding tert-OH is 1. The molecule has 3 rings (SSSR count). The highest BCUT2D eigenvalue weighted by atomic mass is 16.5. The minimum atomic E-state index is -1.16. The molecule has 0 saturated heterocycles. The lowest BCUT2D eigenvalue weighted by Gasteiger charge is -2.25. The SMILES string of the molecule is Cc1ccc2c(c1OC(=O)CCCCC(=O)O)NC(O)C1CC(C=CC(N)=O)=CN1C2=O. The number of aliphatic carboxylic acids is 1. The number of aryl methyl sites for hydroxylation is 1. The summed E-state index contributed by atoms with van der Waals surface area (Å²) in [6.45, 7) is 1.71. The van der Waals surface area contributed by atoms with E-state index in [0.29, 0.717) is 30.4 Å². The Kier molecular flexibility index (Phi) is 6.94. The molecule has 2 amide bonds. The van der Waals surface area contributed by atoms with Crippen molar-refractivity contribution in [2.45, 2.75) is 51.3 Å². The van der Waals surface area contributed by atoms with E-state index in [-0.39, 0.29) is 29.8 Å². The number of amides is 2. The van der Waals surface area contributed by atoms with Gasteiger partial charge < -0.3 is 30.9 Å². The monoisotopic (exact) mass is 443 g/mol. The summed E-state index contributed by atoms with van der Waals surface area (Å²) in [6, 6.07) is 2.61. The Morgan fingerprint density at radius 3 is 2.69 bits per heavy atom. The number of benzene rings is 1. The summed E-state index contributed by atoms with van der Waals surface area (Å²) in [6.07, 6.45) is 4.09. The lowest BCUT2D eigenvalue weighted by molar-refractivity contribution is -0.138. The standard InChI is InChI=1S/C22H25N3O7/c1-12-6-8-14-19(20(12)32-18(29)5-3-2-4-17(27)28)24-21(30)15-10-13(7-9-16(23)26)11-25(15)22(14)31/h6-9,11,15,21,24,30H,2-5,10H2,1H3,(H2,23,26)(H,27,28). The molecule has 0 fully saturated rings. The number of carboxylic acids is 1. The highest BCUT2D eigenvalue weighted by Crippen LogP contribution is 2.39. The maximum atomic E-state index is 13.2. The molecule has 2 atom stereocenters. The third-order valence-corrected chi connectivity index (χ3v) is 5.28. The van der Waals surface area contributed by atoms with Crippen LogP contribution in [0.4, 0.5) is 5.69 Å². The zero-order valence-corrected chi connectivity index (χ0v) is 17.5. The first-order valence-corrected chi connectivity index (χ1v) is 10.2. The smallest absolute Gasteiger partial charge is 0.311 e. The summed E-state index contributed by atoms with van der Waals surface area (Å²) in [4.78, 5) is 48.5. The van der Waals surface area contributed by atoms with Crippen molar-refractivity contribution >= 4 is 29.4 Å². The Hall–Kier alpha value is -3.66. The molecule has 2 unspecified atom stereocenters. The number of hydrogen-bond acceptors (Lipinski definition) is 7. The molecule has 0 saturated carbocycles. The fourth-order valence-corrected chi connectivity index (χ4v) is 3.67. The second-order valence-electron chi connectivity index (χ2n) is 7.72. The normalized spacial score (nSPS) is 19.6. The second-order valence-corrected chi connectivity index (χ2v) is 7.72. The Morgan fingerprint density at radius 2 is 2.00 bits per heavy atom. The van der Waals surface area contributed by atoms with E-state index in [0.717, 1.165) is 0 Å². The quantitative estimate of drug-likeness (QED) is 0.203. The van der Waals surface area contributed by atoms with Gasteiger partial charge in [-0.15, -0.1) is 0 Å². The molecular weight excluding hydrogens is 418 g/mol. The number of esters is 1. The van der Waals surface area contributed by atoms with Gasteiger partial charge in [0, 0.05) is 25.1 Å². The number of carbonyl (C=O) groups excluding carboxylic acids is 3. The third-order valence-electron chi connectivity index (χ3n) is 5.28. The molecule has 0 bridgehead atoms. The lowest BCUT2D eigenvalue weighted by atomic mass is 10.1. The first-order valence-electron chi connectivity index (χ1n) is 10.2. The molecule has 2 aliphatic heterocycles. The van der Waals surface area contributed by atoms with Gasteiger partial charge in [0.25, 0.3) is 5.91 Å². The van der Waals surface area contributed by atoms with Crippen LogP contribution in [0.5, 0.6) is 5.75 Å². The van der Waals surface area contributed by atoms with Gasteiger partial charge in [-0.25, -0.2) is 0 Å². The van der Waals surface area contributed by atoms with Crippen LogP contribution in [0.3, 0.4) is 0 Å². The van der Waals surface area contributed by atoms with Crippen molar-refractivity contribution < 1.29 is 34.1 Å². The number of carbonyl (C=O) groups is 4. The number of primary amides is 1. The first kappa shape index (κ1) is 23.0. The topological polar surface area (TPSA) is 159 Å². The fraction of sp³-hybridized carbons (Fsp3) is 0.364. The molecule has 10 heteroatoms. The maximum absolute atomic E-state index is 13.2. The molecule has 0 radical (unpaired) electrons. The number of nitrogens with zero attached hydrogens (tertiary/aromatic N) is 1. The maximum Gasteiger partial charge on any atom is 0.311 e. The molecular formula is C22H25N3O7. The van der Waals surface area contributed by atoms with Gasteiger partial charge in [-0.3, -0.25) is 19.2 Å². The van der Waals surface area contributed by atoms with Crippen LogP contribution in [-0.2, 0) is 14.4 Å². The van der Waals surface area contributed by atoms with Gasteiger partial charge in [-0.2, -0.15) is 0 Å². The van der Waals surface area contributed by atoms with Crippen molar-refractivity contribution in [2.75, 3.05) is 5.32 Å². The van der Waals surface area contributed by atoms with Crippen molar-refractivity contribution in [3.05, 3.63) is 47.2 Å². The van der Waals surface area contributed by atoms with Crippen LogP contribution in [0.2, 0.25) is 0 Å². The lowest BCUT2D eigenvalue weighted by Crippen LogP contribution is -2.42. The highest BCUT2D eigenvalue weighted by Gasteiger charge is 2.39. The molecule has 10 nitrogen and oxygen atoms in total. The molecule has 0 aliphatic carbocycles. The van der Waals surface area contributed by atoms with Crippen LogP contribution in [0, 0.1) is 6.92 Å². The van der Waals surface area contributed by atoms with E-state index >= 15 is 0 Å². The summed E-state index contributed by atoms with van der Waals surface area (Å²) in [5.74, 6) is -2.35. The largest absolute Gasteiger partial charge is 0.481 e. The number of fused-ring (bicyclic) bond motifs is 2. The summed E-state index contributed by atoms with van der Waals surface area (Å²) in [5.41, 5.74) is 6.82. The Labute approximate surface area is 184 Å². The molecule has 0 spiro atoms. The number of rotatable bonds is 8. The van der Waals surface area contributed by atoms with E-state index < -0.39 is 36.0 Å². The van der Waals surface area contributed by atoms with Crippen LogP contribution in [0.25, 0.3) is 0 Å². The van der Waals surface area contributed by atoms with E-state index in [1.807, 2.05) is 0 Å². The molecule has 1 aromatic rings. The summed E-state index contributed by atoms with van der Waals surface area (Å²) in [7, 11) is 0. The predicted octanol–water partition coefficient (Wildman–Crippen LogP) is 1.43. The molecule has 0 aromatic heterocycles.